The Labute approximate surface area is 695 Å². The van der Waals surface area contributed by atoms with Crippen molar-refractivity contribution in [2.24, 2.45) is 23.7 Å². The molecule has 0 heterocycles. The zero-order valence-electron chi connectivity index (χ0n) is 69.7. The number of hydrogen-bond acceptors (Lipinski definition) is 18. The summed E-state index contributed by atoms with van der Waals surface area (Å²) in [6, 6.07) is 60.8. The highest BCUT2D eigenvalue weighted by Crippen LogP contribution is 2.25. The maximum Gasteiger partial charge on any atom is 0.306 e. The van der Waals surface area contributed by atoms with Crippen molar-refractivity contribution in [2.45, 2.75) is 157 Å². The molecule has 0 aliphatic rings. The van der Waals surface area contributed by atoms with Gasteiger partial charge in [-0.2, -0.15) is 0 Å². The highest BCUT2D eigenvalue weighted by molar-refractivity contribution is 5.95. The molecule has 0 unspecified atom stereocenters. The van der Waals surface area contributed by atoms with Crippen molar-refractivity contribution in [3.8, 4) is 11.5 Å². The summed E-state index contributed by atoms with van der Waals surface area (Å²) in [7, 11) is 3.13. The summed E-state index contributed by atoms with van der Waals surface area (Å²) in [5, 5.41) is 21.1. The molecule has 0 aromatic heterocycles. The van der Waals surface area contributed by atoms with Crippen molar-refractivity contribution in [3.63, 3.8) is 0 Å². The maximum atomic E-state index is 14.2. The highest BCUT2D eigenvalue weighted by Gasteiger charge is 2.34. The van der Waals surface area contributed by atoms with E-state index in [4.69, 9.17) is 33.2 Å². The van der Waals surface area contributed by atoms with Gasteiger partial charge in [-0.1, -0.05) is 182 Å². The number of carbonyl (C=O) groups excluding carboxylic acids is 10. The lowest BCUT2D eigenvalue weighted by Gasteiger charge is -2.24. The number of hydrogen-bond donors (Lipinski definition) is 5. The molecular weight excluding hydrogens is 1500 g/mol. The van der Waals surface area contributed by atoms with Crippen LogP contribution in [0.2, 0.25) is 0 Å². The molecule has 0 radical (unpaired) electrons. The zero-order chi connectivity index (χ0) is 85.4. The number of nitrogens with one attached hydrogen (secondary N) is 4. The second-order valence-corrected chi connectivity index (χ2v) is 29.5. The Balaban J connectivity index is 0.000000325. The van der Waals surface area contributed by atoms with Gasteiger partial charge in [0.15, 0.2) is 11.6 Å². The number of Topliss-reactive ketones (excluding diaryl/α,β-unsaturated/α-hetero) is 4. The van der Waals surface area contributed by atoms with Gasteiger partial charge in [0, 0.05) is 89.5 Å². The fourth-order valence-electron chi connectivity index (χ4n) is 13.0. The van der Waals surface area contributed by atoms with Crippen LogP contribution in [0.5, 0.6) is 11.5 Å². The van der Waals surface area contributed by atoms with Crippen LogP contribution < -0.4 is 26.0 Å². The number of ketones is 4. The van der Waals surface area contributed by atoms with Crippen LogP contribution >= 0.6 is 0 Å². The third-order valence-electron chi connectivity index (χ3n) is 20.1. The summed E-state index contributed by atoms with van der Waals surface area (Å²) in [5.74, 6) is -6.37. The minimum absolute atomic E-state index is 0.0209. The average molecular weight is 1620 g/mol. The molecule has 0 saturated carbocycles. The molecular formula is C96H118N4O18. The van der Waals surface area contributed by atoms with Crippen LogP contribution in [-0.2, 0) is 122 Å². The van der Waals surface area contributed by atoms with E-state index in [1.807, 2.05) is 176 Å². The topological polar surface area (TPSA) is 304 Å². The number of esters is 2. The minimum Gasteiger partial charge on any atom is -0.508 e. The first-order chi connectivity index (χ1) is 56.9. The lowest BCUT2D eigenvalue weighted by Crippen LogP contribution is -2.47. The molecule has 5 N–H and O–H groups in total. The molecule has 118 heavy (non-hydrogen) atoms. The predicted octanol–water partition coefficient (Wildman–Crippen LogP) is 13.4. The smallest absolute Gasteiger partial charge is 0.306 e. The molecule has 4 amide bonds. The number of phenolic OH excluding ortho intramolecular Hbond substituents is 1. The average Bonchev–Trinajstić information content (AvgIpc) is 0.477. The van der Waals surface area contributed by atoms with E-state index in [1.54, 1.807) is 26.4 Å². The Hall–Kier alpha value is -11.3. The van der Waals surface area contributed by atoms with E-state index < -0.39 is 71.3 Å². The Morgan fingerprint density at radius 1 is 0.356 bits per heavy atom. The van der Waals surface area contributed by atoms with Crippen LogP contribution in [0.25, 0.3) is 0 Å². The van der Waals surface area contributed by atoms with Crippen LogP contribution in [-0.4, -0.2) is 143 Å². The summed E-state index contributed by atoms with van der Waals surface area (Å²) in [5.41, 5.74) is 13.0. The molecule has 8 aromatic rings. The van der Waals surface area contributed by atoms with Crippen molar-refractivity contribution >= 4 is 58.7 Å². The lowest BCUT2D eigenvalue weighted by molar-refractivity contribution is -0.146. The van der Waals surface area contributed by atoms with Gasteiger partial charge in [0.05, 0.1) is 51.7 Å². The van der Waals surface area contributed by atoms with Crippen LogP contribution in [0.3, 0.4) is 0 Å². The lowest BCUT2D eigenvalue weighted by atomic mass is 9.89. The van der Waals surface area contributed by atoms with Crippen LogP contribution in [0.4, 0.5) is 0 Å². The number of ether oxygens (including phenoxy) is 7. The number of rotatable bonds is 49. The van der Waals surface area contributed by atoms with E-state index >= 15 is 0 Å². The number of aryl methyl sites for hydroxylation is 2. The van der Waals surface area contributed by atoms with Gasteiger partial charge < -0.3 is 69.1 Å². The van der Waals surface area contributed by atoms with Gasteiger partial charge in [0.25, 0.3) is 0 Å². The summed E-state index contributed by atoms with van der Waals surface area (Å²) < 4.78 is 37.6. The van der Waals surface area contributed by atoms with Gasteiger partial charge in [-0.05, 0) is 178 Å². The fourth-order valence-corrected chi connectivity index (χ4v) is 13.0. The molecule has 0 bridgehead atoms. The number of benzene rings is 8. The molecule has 0 aliphatic carbocycles. The molecule has 0 fully saturated rings. The molecule has 8 rings (SSSR count). The van der Waals surface area contributed by atoms with E-state index in [0.717, 1.165) is 38.9 Å². The Morgan fingerprint density at radius 2 is 0.695 bits per heavy atom. The van der Waals surface area contributed by atoms with Crippen molar-refractivity contribution in [3.05, 3.63) is 273 Å². The van der Waals surface area contributed by atoms with E-state index in [-0.39, 0.29) is 145 Å². The number of carbonyl (C=O) groups is 10. The molecule has 630 valence electrons. The van der Waals surface area contributed by atoms with E-state index in [9.17, 15) is 53.1 Å². The second kappa shape index (κ2) is 53.8. The van der Waals surface area contributed by atoms with Gasteiger partial charge in [0.1, 0.15) is 42.9 Å². The SMILES string of the molecule is COCCOCCNC(=O)[C@H](CCC(=O)OCc1ccccc1)CC(=O)[C@@H](Cc1ccccc1)NC(=O)[C@@H](CC(C)=O)Cc1ccc(O)cc1.COCCOCCNC(=O)[C@H](CCC(=O)OCc1ccccc1)CC(=O)[C@@H](Cc1ccccc1)NC(=O)[C@@H](CC(C)=O)Cc1ccc(OCc2ccccc2)cc1.Cc1cc(C)c(C)c(C)c1C. The van der Waals surface area contributed by atoms with Crippen molar-refractivity contribution in [2.75, 3.05) is 67.0 Å². The Kier molecular flexibility index (Phi) is 43.6. The van der Waals surface area contributed by atoms with E-state index in [1.165, 1.54) is 53.8 Å². The summed E-state index contributed by atoms with van der Waals surface area (Å²) in [6.07, 6.45) is 0.214. The largest absolute Gasteiger partial charge is 0.508 e. The third-order valence-corrected chi connectivity index (χ3v) is 20.1. The van der Waals surface area contributed by atoms with Gasteiger partial charge in [-0.15, -0.1) is 0 Å². The molecule has 22 nitrogen and oxygen atoms in total. The standard InChI is InChI=1S/C46H54N2O9.C39H48N2O9.C11H16/c1-34(49)28-40(29-36-18-21-41(22-19-36)56-32-37-14-8-4-9-15-37)46(53)48-42(30-35-12-6-3-7-13-35)43(50)31-39(45(52)47-24-25-55-27-26-54-2)20-23-44(51)57-33-38-16-10-5-11-17-38;1-28(42)23-33(24-30-13-16-34(43)17-14-30)39(47)41-35(25-29-9-5-3-6-10-29)36(44)26-32(38(46)40-19-20-49-22-21-48-2)15-18-37(45)50-27-31-11-7-4-8-12-31;1-7-6-8(2)10(4)11(5)9(7)3/h3-19,21-22,39-40,42H,20,23-33H2,1-2H3,(H,47,52)(H,48,53);3-14,16-17,32-33,35,43H,15,18-27H2,1-2H3,(H,40,46)(H,41,47);6H,1-5H3/t39-,40+,42-;32-,33+,35-;/m11./s1. The third kappa shape index (κ3) is 37.3. The minimum atomic E-state index is -1.00. The molecule has 0 saturated heterocycles. The monoisotopic (exact) mass is 1610 g/mol. The fraction of sp³-hybridized carbons (Fsp3) is 0.396. The van der Waals surface area contributed by atoms with Gasteiger partial charge in [-0.3, -0.25) is 38.4 Å². The van der Waals surface area contributed by atoms with E-state index in [2.05, 4.69) is 62.0 Å². The van der Waals surface area contributed by atoms with Crippen molar-refractivity contribution in [1.29, 1.82) is 0 Å². The first-order valence-electron chi connectivity index (χ1n) is 40.3. The van der Waals surface area contributed by atoms with Crippen LogP contribution in [0.1, 0.15) is 132 Å². The summed E-state index contributed by atoms with van der Waals surface area (Å²) in [6.45, 7) is 16.8. The summed E-state index contributed by atoms with van der Waals surface area (Å²) >= 11 is 0. The van der Waals surface area contributed by atoms with Gasteiger partial charge in [-0.25, -0.2) is 0 Å². The normalized spacial score (nSPS) is 12.3. The maximum absolute atomic E-state index is 14.2. The van der Waals surface area contributed by atoms with Crippen LogP contribution in [0.15, 0.2) is 206 Å². The molecule has 0 aliphatic heterocycles. The number of methoxy groups -OCH3 is 2. The number of amides is 4. The summed E-state index contributed by atoms with van der Waals surface area (Å²) in [4.78, 5) is 133. The Bertz CT molecular complexity index is 4350. The first kappa shape index (κ1) is 95.5. The van der Waals surface area contributed by atoms with E-state index in [0.29, 0.717) is 38.8 Å². The molecule has 22 heteroatoms. The van der Waals surface area contributed by atoms with Gasteiger partial charge in [0.2, 0.25) is 23.6 Å². The predicted molar refractivity (Wildman–Crippen MR) is 453 cm³/mol. The molecule has 8 aromatic carbocycles. The van der Waals surface area contributed by atoms with Crippen LogP contribution in [0, 0.1) is 58.3 Å². The second-order valence-electron chi connectivity index (χ2n) is 29.5. The number of phenols is 1. The number of aromatic hydroxyl groups is 1. The highest BCUT2D eigenvalue weighted by atomic mass is 16.5. The quantitative estimate of drug-likeness (QED) is 0.0175. The van der Waals surface area contributed by atoms with Crippen molar-refractivity contribution in [1.82, 2.24) is 21.3 Å². The Morgan fingerprint density at radius 3 is 1.05 bits per heavy atom. The molecule has 0 spiro atoms. The van der Waals surface area contributed by atoms with Gasteiger partial charge >= 0.3 is 11.9 Å². The molecule has 6 atom stereocenters. The first-order valence-corrected chi connectivity index (χ1v) is 40.3. The zero-order valence-corrected chi connectivity index (χ0v) is 69.7. The van der Waals surface area contributed by atoms with Crippen molar-refractivity contribution < 1.29 is 86.2 Å².